The normalized spacial score (nSPS) is 9.85. The molecule has 0 atom stereocenters. The van der Waals surface area contributed by atoms with Crippen LogP contribution in [-0.2, 0) is 11.3 Å². The topological polar surface area (TPSA) is 63.0 Å². The third-order valence-corrected chi connectivity index (χ3v) is 3.01. The average molecular weight is 287 g/mol. The number of nitrogens with zero attached hydrogens (tertiary/aromatic N) is 2. The summed E-state index contributed by atoms with van der Waals surface area (Å²) < 4.78 is 5.20. The fraction of sp³-hybridized carbons (Fsp3) is 0.133. The molecule has 2 aromatic rings. The van der Waals surface area contributed by atoms with Crippen LogP contribution in [0.15, 0.2) is 36.4 Å². The first-order valence-corrected chi connectivity index (χ1v) is 6.28. The van der Waals surface area contributed by atoms with E-state index < -0.39 is 5.97 Å². The van der Waals surface area contributed by atoms with Crippen LogP contribution in [0.4, 0.5) is 0 Å². The minimum Gasteiger partial charge on any atom is -0.457 e. The molecule has 1 aromatic heterocycles. The van der Waals surface area contributed by atoms with E-state index in [1.54, 1.807) is 6.92 Å². The van der Waals surface area contributed by atoms with E-state index in [2.05, 4.69) is 4.98 Å². The van der Waals surface area contributed by atoms with Crippen molar-refractivity contribution in [1.82, 2.24) is 4.98 Å². The van der Waals surface area contributed by atoms with E-state index in [4.69, 9.17) is 21.6 Å². The highest BCUT2D eigenvalue weighted by molar-refractivity contribution is 6.30. The molecule has 0 saturated carbocycles. The van der Waals surface area contributed by atoms with Gasteiger partial charge in [0.05, 0.1) is 16.8 Å². The molecule has 0 unspecified atom stereocenters. The van der Waals surface area contributed by atoms with Crippen LogP contribution in [0, 0.1) is 18.3 Å². The fourth-order valence-corrected chi connectivity index (χ4v) is 1.89. The number of aromatic nitrogens is 1. The zero-order valence-corrected chi connectivity index (χ0v) is 11.5. The lowest BCUT2D eigenvalue weighted by Gasteiger charge is -2.07. The first kappa shape index (κ1) is 14.0. The number of rotatable bonds is 3. The summed E-state index contributed by atoms with van der Waals surface area (Å²) in [6, 6.07) is 12.6. The van der Waals surface area contributed by atoms with Gasteiger partial charge in [-0.1, -0.05) is 41.9 Å². The Morgan fingerprint density at radius 3 is 2.75 bits per heavy atom. The van der Waals surface area contributed by atoms with Crippen molar-refractivity contribution < 1.29 is 9.53 Å². The smallest absolute Gasteiger partial charge is 0.340 e. The van der Waals surface area contributed by atoms with Crippen LogP contribution in [-0.4, -0.2) is 11.0 Å². The second kappa shape index (κ2) is 6.18. The summed E-state index contributed by atoms with van der Waals surface area (Å²) in [4.78, 5) is 16.0. The highest BCUT2D eigenvalue weighted by atomic mass is 35.5. The zero-order valence-electron chi connectivity index (χ0n) is 10.8. The van der Waals surface area contributed by atoms with E-state index in [-0.39, 0.29) is 22.9 Å². The molecule has 5 heteroatoms. The lowest BCUT2D eigenvalue weighted by Crippen LogP contribution is -2.09. The number of pyridine rings is 1. The molecule has 1 aromatic carbocycles. The number of aryl methyl sites for hydroxylation is 1. The Balaban J connectivity index is 2.16. The van der Waals surface area contributed by atoms with Crippen LogP contribution in [0.25, 0.3) is 0 Å². The summed E-state index contributed by atoms with van der Waals surface area (Å²) >= 11 is 5.79. The Bertz CT molecular complexity index is 678. The molecule has 0 aliphatic rings. The molecule has 0 radical (unpaired) electrons. The number of nitriles is 1. The monoisotopic (exact) mass is 286 g/mol. The summed E-state index contributed by atoms with van der Waals surface area (Å²) in [7, 11) is 0. The van der Waals surface area contributed by atoms with Crippen molar-refractivity contribution in [3.63, 3.8) is 0 Å². The molecule has 4 nitrogen and oxygen atoms in total. The number of carbonyl (C=O) groups excluding carboxylic acids is 1. The van der Waals surface area contributed by atoms with Gasteiger partial charge in [-0.25, -0.2) is 9.78 Å². The molecule has 100 valence electrons. The molecular weight excluding hydrogens is 276 g/mol. The molecule has 20 heavy (non-hydrogen) atoms. The standard InChI is InChI=1S/C15H11ClN2O2/c1-10-13(7-12(8-17)14(16)18-10)15(19)20-9-11-5-3-2-4-6-11/h2-7H,9H2,1H3. The van der Waals surface area contributed by atoms with Gasteiger partial charge in [-0.15, -0.1) is 0 Å². The highest BCUT2D eigenvalue weighted by Crippen LogP contribution is 2.18. The van der Waals surface area contributed by atoms with E-state index in [9.17, 15) is 4.79 Å². The number of ether oxygens (including phenoxy) is 1. The maximum atomic E-state index is 12.0. The maximum absolute atomic E-state index is 12.0. The van der Waals surface area contributed by atoms with Gasteiger partial charge >= 0.3 is 5.97 Å². The molecule has 0 aliphatic carbocycles. The largest absolute Gasteiger partial charge is 0.457 e. The first-order chi connectivity index (χ1) is 9.61. The minimum absolute atomic E-state index is 0.0876. The van der Waals surface area contributed by atoms with Gasteiger partial charge < -0.3 is 4.74 Å². The van der Waals surface area contributed by atoms with Crippen LogP contribution in [0.2, 0.25) is 5.15 Å². The van der Waals surface area contributed by atoms with E-state index in [0.29, 0.717) is 5.69 Å². The second-order valence-electron chi connectivity index (χ2n) is 4.13. The summed E-state index contributed by atoms with van der Waals surface area (Å²) in [5.74, 6) is -0.521. The zero-order chi connectivity index (χ0) is 14.5. The van der Waals surface area contributed by atoms with Gasteiger partial charge in [-0.05, 0) is 18.6 Å². The molecule has 0 spiro atoms. The molecule has 0 saturated heterocycles. The van der Waals surface area contributed by atoms with Gasteiger partial charge in [0, 0.05) is 0 Å². The van der Waals surface area contributed by atoms with Gasteiger partial charge in [-0.2, -0.15) is 5.26 Å². The van der Waals surface area contributed by atoms with Crippen molar-refractivity contribution >= 4 is 17.6 Å². The number of halogens is 1. The van der Waals surface area contributed by atoms with E-state index in [1.807, 2.05) is 36.4 Å². The molecule has 0 aliphatic heterocycles. The Morgan fingerprint density at radius 2 is 2.10 bits per heavy atom. The number of hydrogen-bond donors (Lipinski definition) is 0. The Morgan fingerprint density at radius 1 is 1.40 bits per heavy atom. The van der Waals surface area contributed by atoms with Gasteiger partial charge in [0.1, 0.15) is 17.8 Å². The van der Waals surface area contributed by atoms with Gasteiger partial charge in [0.25, 0.3) is 0 Å². The molecular formula is C15H11ClN2O2. The number of benzene rings is 1. The van der Waals surface area contributed by atoms with E-state index in [0.717, 1.165) is 5.56 Å². The summed E-state index contributed by atoms with van der Waals surface area (Å²) in [6.45, 7) is 1.82. The summed E-state index contributed by atoms with van der Waals surface area (Å²) in [6.07, 6.45) is 0. The van der Waals surface area contributed by atoms with Crippen molar-refractivity contribution in [2.75, 3.05) is 0 Å². The molecule has 0 fully saturated rings. The van der Waals surface area contributed by atoms with Crippen molar-refractivity contribution in [3.05, 3.63) is 63.9 Å². The maximum Gasteiger partial charge on any atom is 0.340 e. The Labute approximate surface area is 121 Å². The average Bonchev–Trinajstić information content (AvgIpc) is 2.46. The van der Waals surface area contributed by atoms with Crippen molar-refractivity contribution in [2.45, 2.75) is 13.5 Å². The molecule has 2 rings (SSSR count). The molecule has 1 heterocycles. The molecule has 0 amide bonds. The Kier molecular flexibility index (Phi) is 4.34. The van der Waals surface area contributed by atoms with Crippen molar-refractivity contribution in [1.29, 1.82) is 5.26 Å². The number of esters is 1. The SMILES string of the molecule is Cc1nc(Cl)c(C#N)cc1C(=O)OCc1ccccc1. The quantitative estimate of drug-likeness (QED) is 0.642. The predicted octanol–water partition coefficient (Wildman–Crippen LogP) is 3.27. The van der Waals surface area contributed by atoms with Crippen molar-refractivity contribution in [3.8, 4) is 6.07 Å². The summed E-state index contributed by atoms with van der Waals surface area (Å²) in [5.41, 5.74) is 1.74. The minimum atomic E-state index is -0.521. The van der Waals surface area contributed by atoms with Crippen LogP contribution < -0.4 is 0 Å². The first-order valence-electron chi connectivity index (χ1n) is 5.90. The van der Waals surface area contributed by atoms with Crippen LogP contribution in [0.1, 0.15) is 27.2 Å². The summed E-state index contributed by atoms with van der Waals surface area (Å²) in [5, 5.41) is 8.98. The predicted molar refractivity (Wildman–Crippen MR) is 74.3 cm³/mol. The lowest BCUT2D eigenvalue weighted by molar-refractivity contribution is 0.0471. The number of carbonyl (C=O) groups is 1. The van der Waals surface area contributed by atoms with Gasteiger partial charge in [0.2, 0.25) is 0 Å². The van der Waals surface area contributed by atoms with Crippen LogP contribution in [0.5, 0.6) is 0 Å². The highest BCUT2D eigenvalue weighted by Gasteiger charge is 2.15. The van der Waals surface area contributed by atoms with Crippen molar-refractivity contribution in [2.24, 2.45) is 0 Å². The second-order valence-corrected chi connectivity index (χ2v) is 4.49. The molecule has 0 N–H and O–H groups in total. The van der Waals surface area contributed by atoms with Gasteiger partial charge in [-0.3, -0.25) is 0 Å². The van der Waals surface area contributed by atoms with E-state index in [1.165, 1.54) is 6.07 Å². The third-order valence-electron chi connectivity index (χ3n) is 2.72. The lowest BCUT2D eigenvalue weighted by atomic mass is 10.1. The van der Waals surface area contributed by atoms with E-state index >= 15 is 0 Å². The van der Waals surface area contributed by atoms with Crippen LogP contribution in [0.3, 0.4) is 0 Å². The Hall–Kier alpha value is -2.38. The van der Waals surface area contributed by atoms with Gasteiger partial charge in [0.15, 0.2) is 0 Å². The fourth-order valence-electron chi connectivity index (χ4n) is 1.66. The third kappa shape index (κ3) is 3.14. The molecule has 0 bridgehead atoms. The number of hydrogen-bond acceptors (Lipinski definition) is 4. The van der Waals surface area contributed by atoms with Crippen LogP contribution >= 0.6 is 11.6 Å².